The van der Waals surface area contributed by atoms with Gasteiger partial charge in [-0.05, 0) is 55.1 Å². The van der Waals surface area contributed by atoms with Crippen LogP contribution in [0.5, 0.6) is 0 Å². The van der Waals surface area contributed by atoms with Crippen molar-refractivity contribution in [1.29, 1.82) is 0 Å². The average molecular weight is 510 g/mol. The minimum Gasteiger partial charge on any atom is -0.369 e. The SMILES string of the molecule is Brc1ccc(N2CCNCC2)cc1.CCN1CCN(c2ccc(Br)cc2)CC1. The first-order valence-corrected chi connectivity index (χ1v) is 11.7. The van der Waals surface area contributed by atoms with Gasteiger partial charge in [0.25, 0.3) is 0 Å². The summed E-state index contributed by atoms with van der Waals surface area (Å²) in [7, 11) is 0. The molecule has 2 aliphatic rings. The third kappa shape index (κ3) is 6.48. The first kappa shape index (κ1) is 21.6. The molecule has 4 nitrogen and oxygen atoms in total. The second-order valence-corrected chi connectivity index (χ2v) is 8.94. The molecule has 0 atom stereocenters. The average Bonchev–Trinajstić information content (AvgIpc) is 2.76. The predicted molar refractivity (Wildman–Crippen MR) is 128 cm³/mol. The van der Waals surface area contributed by atoms with Gasteiger partial charge in [0, 0.05) is 72.7 Å². The van der Waals surface area contributed by atoms with Gasteiger partial charge in [-0.15, -0.1) is 0 Å². The van der Waals surface area contributed by atoms with E-state index in [1.165, 1.54) is 31.0 Å². The Hall–Kier alpha value is -1.08. The number of nitrogens with zero attached hydrogens (tertiary/aromatic N) is 3. The van der Waals surface area contributed by atoms with Gasteiger partial charge in [-0.2, -0.15) is 0 Å². The molecule has 4 rings (SSSR count). The molecule has 152 valence electrons. The third-order valence-corrected chi connectivity index (χ3v) is 6.38. The van der Waals surface area contributed by atoms with Gasteiger partial charge in [0.05, 0.1) is 0 Å². The second-order valence-electron chi connectivity index (χ2n) is 7.11. The number of likely N-dealkylation sites (N-methyl/N-ethyl adjacent to an activating group) is 1. The molecule has 0 amide bonds. The van der Waals surface area contributed by atoms with Crippen molar-refractivity contribution in [3.05, 3.63) is 57.5 Å². The van der Waals surface area contributed by atoms with Crippen LogP contribution in [-0.4, -0.2) is 63.8 Å². The summed E-state index contributed by atoms with van der Waals surface area (Å²) in [5.74, 6) is 0. The summed E-state index contributed by atoms with van der Waals surface area (Å²) in [5, 5.41) is 3.34. The quantitative estimate of drug-likeness (QED) is 0.659. The fourth-order valence-corrected chi connectivity index (χ4v) is 4.08. The first-order chi connectivity index (χ1) is 13.7. The minimum absolute atomic E-state index is 1.09. The maximum atomic E-state index is 3.46. The molecule has 6 heteroatoms. The molecule has 0 bridgehead atoms. The Labute approximate surface area is 186 Å². The van der Waals surface area contributed by atoms with Crippen LogP contribution in [0.4, 0.5) is 11.4 Å². The Morgan fingerprint density at radius 1 is 0.679 bits per heavy atom. The van der Waals surface area contributed by atoms with Gasteiger partial charge in [-0.1, -0.05) is 38.8 Å². The van der Waals surface area contributed by atoms with E-state index in [4.69, 9.17) is 0 Å². The highest BCUT2D eigenvalue weighted by Gasteiger charge is 2.15. The van der Waals surface area contributed by atoms with Gasteiger partial charge in [0.1, 0.15) is 0 Å². The van der Waals surface area contributed by atoms with E-state index in [1.807, 2.05) is 0 Å². The monoisotopic (exact) mass is 508 g/mol. The van der Waals surface area contributed by atoms with Crippen molar-refractivity contribution in [1.82, 2.24) is 10.2 Å². The number of halogens is 2. The largest absolute Gasteiger partial charge is 0.369 e. The molecule has 2 aromatic rings. The van der Waals surface area contributed by atoms with Crippen LogP contribution in [0.25, 0.3) is 0 Å². The Morgan fingerprint density at radius 2 is 1.11 bits per heavy atom. The Morgan fingerprint density at radius 3 is 1.54 bits per heavy atom. The van der Waals surface area contributed by atoms with Crippen molar-refractivity contribution in [2.45, 2.75) is 6.92 Å². The first-order valence-electron chi connectivity index (χ1n) is 10.1. The Kier molecular flexibility index (Phi) is 8.65. The van der Waals surface area contributed by atoms with Crippen molar-refractivity contribution in [2.24, 2.45) is 0 Å². The number of nitrogens with one attached hydrogen (secondary N) is 1. The van der Waals surface area contributed by atoms with Crippen LogP contribution >= 0.6 is 31.9 Å². The Bertz CT molecular complexity index is 691. The van der Waals surface area contributed by atoms with E-state index in [9.17, 15) is 0 Å². The van der Waals surface area contributed by atoms with Crippen LogP contribution < -0.4 is 15.1 Å². The van der Waals surface area contributed by atoms with Gasteiger partial charge in [0.15, 0.2) is 0 Å². The molecular formula is C22H30Br2N4. The molecule has 0 unspecified atom stereocenters. The molecule has 0 spiro atoms. The summed E-state index contributed by atoms with van der Waals surface area (Å²) >= 11 is 6.90. The maximum Gasteiger partial charge on any atom is 0.0367 e. The highest BCUT2D eigenvalue weighted by Crippen LogP contribution is 2.20. The van der Waals surface area contributed by atoms with Crippen molar-refractivity contribution in [3.63, 3.8) is 0 Å². The lowest BCUT2D eigenvalue weighted by Crippen LogP contribution is -2.46. The number of hydrogen-bond donors (Lipinski definition) is 1. The number of benzene rings is 2. The topological polar surface area (TPSA) is 21.8 Å². The second kappa shape index (κ2) is 11.2. The van der Waals surface area contributed by atoms with E-state index < -0.39 is 0 Å². The van der Waals surface area contributed by atoms with Gasteiger partial charge < -0.3 is 20.0 Å². The highest BCUT2D eigenvalue weighted by atomic mass is 79.9. The number of rotatable bonds is 3. The zero-order valence-electron chi connectivity index (χ0n) is 16.6. The van der Waals surface area contributed by atoms with E-state index >= 15 is 0 Å². The van der Waals surface area contributed by atoms with Crippen LogP contribution in [0, 0.1) is 0 Å². The summed E-state index contributed by atoms with van der Waals surface area (Å²) in [6, 6.07) is 17.1. The smallest absolute Gasteiger partial charge is 0.0367 e. The molecule has 2 aromatic carbocycles. The Balaban J connectivity index is 0.000000162. The van der Waals surface area contributed by atoms with Crippen LogP contribution in [0.15, 0.2) is 57.5 Å². The number of anilines is 2. The lowest BCUT2D eigenvalue weighted by Gasteiger charge is -2.35. The number of hydrogen-bond acceptors (Lipinski definition) is 4. The van der Waals surface area contributed by atoms with Crippen LogP contribution in [-0.2, 0) is 0 Å². The lowest BCUT2D eigenvalue weighted by atomic mass is 10.2. The molecule has 0 saturated carbocycles. The van der Waals surface area contributed by atoms with E-state index in [-0.39, 0.29) is 0 Å². The van der Waals surface area contributed by atoms with Crippen molar-refractivity contribution in [2.75, 3.05) is 68.7 Å². The van der Waals surface area contributed by atoms with E-state index in [1.54, 1.807) is 0 Å². The molecular weight excluding hydrogens is 480 g/mol. The zero-order valence-corrected chi connectivity index (χ0v) is 19.8. The predicted octanol–water partition coefficient (Wildman–Crippen LogP) is 4.45. The van der Waals surface area contributed by atoms with Gasteiger partial charge >= 0.3 is 0 Å². The van der Waals surface area contributed by atoms with E-state index in [0.717, 1.165) is 48.2 Å². The molecule has 2 saturated heterocycles. The highest BCUT2D eigenvalue weighted by molar-refractivity contribution is 9.10. The molecule has 28 heavy (non-hydrogen) atoms. The number of piperazine rings is 2. The van der Waals surface area contributed by atoms with Gasteiger partial charge in [-0.3, -0.25) is 0 Å². The van der Waals surface area contributed by atoms with Crippen molar-refractivity contribution < 1.29 is 0 Å². The fourth-order valence-electron chi connectivity index (χ4n) is 3.55. The van der Waals surface area contributed by atoms with E-state index in [2.05, 4.69) is 107 Å². The van der Waals surface area contributed by atoms with Gasteiger partial charge in [-0.25, -0.2) is 0 Å². The van der Waals surface area contributed by atoms with Gasteiger partial charge in [0.2, 0.25) is 0 Å². The summed E-state index contributed by atoms with van der Waals surface area (Å²) < 4.78 is 2.30. The molecule has 2 fully saturated rings. The van der Waals surface area contributed by atoms with Crippen LogP contribution in [0.2, 0.25) is 0 Å². The lowest BCUT2D eigenvalue weighted by molar-refractivity contribution is 0.271. The molecule has 2 aliphatic heterocycles. The van der Waals surface area contributed by atoms with Crippen molar-refractivity contribution in [3.8, 4) is 0 Å². The summed E-state index contributed by atoms with van der Waals surface area (Å²) in [5.41, 5.74) is 2.67. The third-order valence-electron chi connectivity index (χ3n) is 5.32. The molecule has 0 aromatic heterocycles. The van der Waals surface area contributed by atoms with Crippen LogP contribution in [0.3, 0.4) is 0 Å². The molecule has 0 aliphatic carbocycles. The maximum absolute atomic E-state index is 3.46. The fraction of sp³-hybridized carbons (Fsp3) is 0.455. The normalized spacial score (nSPS) is 17.8. The van der Waals surface area contributed by atoms with E-state index in [0.29, 0.717) is 0 Å². The summed E-state index contributed by atoms with van der Waals surface area (Å²) in [4.78, 5) is 7.36. The summed E-state index contributed by atoms with van der Waals surface area (Å²) in [6.45, 7) is 12.5. The standard InChI is InChI=1S/C12H17BrN2.C10H13BrN2/c1-2-14-7-9-15(10-8-14)12-5-3-11(13)4-6-12;11-9-1-3-10(4-2-9)13-7-5-12-6-8-13/h3-6H,2,7-10H2,1H3;1-4,12H,5-8H2. The van der Waals surface area contributed by atoms with Crippen LogP contribution in [0.1, 0.15) is 6.92 Å². The summed E-state index contributed by atoms with van der Waals surface area (Å²) in [6.07, 6.45) is 0. The molecule has 0 radical (unpaired) electrons. The minimum atomic E-state index is 1.09. The zero-order chi connectivity index (χ0) is 19.8. The molecule has 1 N–H and O–H groups in total. The molecule has 2 heterocycles. The van der Waals surface area contributed by atoms with Crippen molar-refractivity contribution >= 4 is 43.2 Å².